The monoisotopic (exact) mass is 677 g/mol. The third-order valence-electron chi connectivity index (χ3n) is 10.8. The van der Waals surface area contributed by atoms with Crippen molar-refractivity contribution in [2.45, 2.75) is 191 Å². The molecule has 3 saturated heterocycles. The van der Waals surface area contributed by atoms with Gasteiger partial charge in [-0.2, -0.15) is 0 Å². The van der Waals surface area contributed by atoms with Crippen LogP contribution in [0.1, 0.15) is 173 Å². The van der Waals surface area contributed by atoms with Gasteiger partial charge in [0.15, 0.2) is 6.29 Å². The Labute approximate surface area is 301 Å². The summed E-state index contributed by atoms with van der Waals surface area (Å²) in [5.74, 6) is 6.10. The van der Waals surface area contributed by atoms with Crippen LogP contribution < -0.4 is 0 Å². The molecule has 0 aromatic heterocycles. The maximum absolute atomic E-state index is 5.39. The van der Waals surface area contributed by atoms with Crippen LogP contribution in [0.15, 0.2) is 23.3 Å². The second-order valence-electron chi connectivity index (χ2n) is 17.2. The zero-order valence-corrected chi connectivity index (χ0v) is 34.3. The van der Waals surface area contributed by atoms with E-state index in [2.05, 4.69) is 88.3 Å². The molecule has 0 bridgehead atoms. The lowest BCUT2D eigenvalue weighted by Crippen LogP contribution is -2.27. The third kappa shape index (κ3) is 25.3. The summed E-state index contributed by atoms with van der Waals surface area (Å²) in [6.45, 7) is 30.3. The standard InChI is InChI=1S/C8H16.2C8H14.2C7H14O.C6H12O2/c3*1-7-3-5-8(2)6-4-7;2*1-6-3-4-7(2)8-5-6;1-5-3-7-6(2)8-4-5/h7-8H,3-6H2,1-2H3;2*3,8H,4-6H2,1-2H3;2*6-7H,3-5H2,1-2H3;5-6H,3-4H2,1-2H3/t;;;6?,7-;6-,7?;/m...11./s1. The maximum Gasteiger partial charge on any atom is 0.154 e. The zero-order chi connectivity index (χ0) is 35.9. The molecule has 0 aromatic rings. The van der Waals surface area contributed by atoms with Crippen molar-refractivity contribution >= 4 is 0 Å². The highest BCUT2D eigenvalue weighted by atomic mass is 16.7. The van der Waals surface area contributed by atoms with Gasteiger partial charge in [-0.25, -0.2) is 0 Å². The summed E-state index contributed by atoms with van der Waals surface area (Å²) in [7, 11) is 0. The normalized spacial score (nSPS) is 36.4. The van der Waals surface area contributed by atoms with E-state index in [0.29, 0.717) is 18.1 Å². The van der Waals surface area contributed by atoms with Gasteiger partial charge in [-0.3, -0.25) is 0 Å². The van der Waals surface area contributed by atoms with Crippen molar-refractivity contribution < 1.29 is 18.9 Å². The molecule has 3 heterocycles. The van der Waals surface area contributed by atoms with E-state index in [1.807, 2.05) is 6.92 Å². The fraction of sp³-hybridized carbons (Fsp3) is 0.909. The van der Waals surface area contributed by atoms with Gasteiger partial charge in [0, 0.05) is 19.1 Å². The van der Waals surface area contributed by atoms with E-state index < -0.39 is 0 Å². The van der Waals surface area contributed by atoms with E-state index in [1.54, 1.807) is 11.1 Å². The first-order valence-electron chi connectivity index (χ1n) is 20.5. The quantitative estimate of drug-likeness (QED) is 0.239. The summed E-state index contributed by atoms with van der Waals surface area (Å²) in [5.41, 5.74) is 3.17. The molecule has 0 N–H and O–H groups in total. The summed E-state index contributed by atoms with van der Waals surface area (Å²) in [6.07, 6.45) is 25.0. The van der Waals surface area contributed by atoms with Crippen LogP contribution >= 0.6 is 0 Å². The first kappa shape index (κ1) is 45.3. The Hall–Kier alpha value is -0.680. The summed E-state index contributed by atoms with van der Waals surface area (Å²) in [4.78, 5) is 0. The van der Waals surface area contributed by atoms with Gasteiger partial charge < -0.3 is 18.9 Å². The van der Waals surface area contributed by atoms with Crippen LogP contribution in [0.4, 0.5) is 0 Å². The van der Waals surface area contributed by atoms with Crippen LogP contribution in [0.5, 0.6) is 0 Å². The van der Waals surface area contributed by atoms with Gasteiger partial charge in [-0.1, -0.05) is 97.4 Å². The van der Waals surface area contributed by atoms with E-state index in [9.17, 15) is 0 Å². The summed E-state index contributed by atoms with van der Waals surface area (Å²) >= 11 is 0. The molecule has 4 unspecified atom stereocenters. The van der Waals surface area contributed by atoms with Gasteiger partial charge in [0.25, 0.3) is 0 Å². The minimum Gasteiger partial charge on any atom is -0.378 e. The Kier molecular flexibility index (Phi) is 25.5. The van der Waals surface area contributed by atoms with E-state index in [1.165, 1.54) is 89.9 Å². The smallest absolute Gasteiger partial charge is 0.154 e. The number of hydrogen-bond acceptors (Lipinski definition) is 4. The molecule has 4 fully saturated rings. The number of hydrogen-bond donors (Lipinski definition) is 0. The summed E-state index contributed by atoms with van der Waals surface area (Å²) in [6, 6.07) is 0. The van der Waals surface area contributed by atoms with Gasteiger partial charge in [0.1, 0.15) is 0 Å². The molecule has 1 saturated carbocycles. The molecule has 48 heavy (non-hydrogen) atoms. The van der Waals surface area contributed by atoms with E-state index in [-0.39, 0.29) is 6.29 Å². The molecule has 6 aliphatic rings. The molecule has 3 aliphatic carbocycles. The van der Waals surface area contributed by atoms with Crippen LogP contribution in [0.3, 0.4) is 0 Å². The topological polar surface area (TPSA) is 36.9 Å². The molecule has 6 atom stereocenters. The number of rotatable bonds is 0. The van der Waals surface area contributed by atoms with E-state index in [0.717, 1.165) is 61.9 Å². The van der Waals surface area contributed by atoms with Crippen LogP contribution in [-0.4, -0.2) is 44.9 Å². The molecule has 4 nitrogen and oxygen atoms in total. The summed E-state index contributed by atoms with van der Waals surface area (Å²) in [5, 5.41) is 0. The van der Waals surface area contributed by atoms with Crippen molar-refractivity contribution in [3.63, 3.8) is 0 Å². The molecular formula is C44H84O4. The van der Waals surface area contributed by atoms with Crippen molar-refractivity contribution in [2.75, 3.05) is 26.4 Å². The lowest BCUT2D eigenvalue weighted by Gasteiger charge is -2.24. The highest BCUT2D eigenvalue weighted by molar-refractivity contribution is 5.02. The largest absolute Gasteiger partial charge is 0.378 e. The molecule has 6 rings (SSSR count). The second kappa shape index (κ2) is 27.0. The lowest BCUT2D eigenvalue weighted by atomic mass is 9.84. The van der Waals surface area contributed by atoms with Crippen LogP contribution in [-0.2, 0) is 18.9 Å². The van der Waals surface area contributed by atoms with Gasteiger partial charge in [-0.15, -0.1) is 0 Å². The van der Waals surface area contributed by atoms with Gasteiger partial charge >= 0.3 is 0 Å². The Morgan fingerprint density at radius 1 is 0.375 bits per heavy atom. The molecular weight excluding hydrogens is 592 g/mol. The average molecular weight is 677 g/mol. The lowest BCUT2D eigenvalue weighted by molar-refractivity contribution is -0.187. The molecule has 0 amide bonds. The molecule has 4 heteroatoms. The van der Waals surface area contributed by atoms with Crippen LogP contribution in [0.2, 0.25) is 0 Å². The molecule has 0 spiro atoms. The SMILES string of the molecule is CC1=CCC(C)CC1.CC1=CCC(C)CC1.CC1CCC(C)CC1.CC1CC[C@@H](C)CO1.CC1CC[C@@H](C)OC1.CC1COC(C)OC1. The maximum atomic E-state index is 5.39. The third-order valence-corrected chi connectivity index (χ3v) is 10.8. The zero-order valence-electron chi connectivity index (χ0n) is 34.3. The van der Waals surface area contributed by atoms with Crippen molar-refractivity contribution in [2.24, 2.45) is 41.4 Å². The Morgan fingerprint density at radius 2 is 0.708 bits per heavy atom. The first-order chi connectivity index (χ1) is 22.7. The number of allylic oxidation sites excluding steroid dienone is 4. The fourth-order valence-electron chi connectivity index (χ4n) is 6.34. The Morgan fingerprint density at radius 3 is 0.938 bits per heavy atom. The Bertz CT molecular complexity index is 656. The first-order valence-corrected chi connectivity index (χ1v) is 20.5. The second-order valence-corrected chi connectivity index (χ2v) is 17.2. The average Bonchev–Trinajstić information content (AvgIpc) is 3.07. The van der Waals surface area contributed by atoms with Crippen molar-refractivity contribution in [1.82, 2.24) is 0 Å². The Balaban J connectivity index is 0.000000288. The predicted octanol–water partition coefficient (Wildman–Crippen LogP) is 13.0. The highest BCUT2D eigenvalue weighted by Crippen LogP contribution is 2.27. The van der Waals surface area contributed by atoms with Crippen molar-refractivity contribution in [1.29, 1.82) is 0 Å². The highest BCUT2D eigenvalue weighted by Gasteiger charge is 2.16. The molecule has 0 aromatic carbocycles. The van der Waals surface area contributed by atoms with E-state index in [4.69, 9.17) is 18.9 Å². The van der Waals surface area contributed by atoms with E-state index >= 15 is 0 Å². The minimum absolute atomic E-state index is 0.0196. The molecule has 3 aliphatic heterocycles. The minimum atomic E-state index is 0.0196. The van der Waals surface area contributed by atoms with Gasteiger partial charge in [-0.05, 0) is 134 Å². The van der Waals surface area contributed by atoms with Crippen molar-refractivity contribution in [3.05, 3.63) is 23.3 Å². The van der Waals surface area contributed by atoms with Gasteiger partial charge in [0.2, 0.25) is 0 Å². The number of ether oxygens (including phenoxy) is 4. The molecule has 284 valence electrons. The van der Waals surface area contributed by atoms with Crippen LogP contribution in [0, 0.1) is 41.4 Å². The fourth-order valence-corrected chi connectivity index (χ4v) is 6.34. The van der Waals surface area contributed by atoms with Crippen LogP contribution in [0.25, 0.3) is 0 Å². The van der Waals surface area contributed by atoms with Crippen molar-refractivity contribution in [3.8, 4) is 0 Å². The van der Waals surface area contributed by atoms with Gasteiger partial charge in [0.05, 0.1) is 25.4 Å². The molecule has 0 radical (unpaired) electrons. The summed E-state index contributed by atoms with van der Waals surface area (Å²) < 4.78 is 21.1. The predicted molar refractivity (Wildman–Crippen MR) is 208 cm³/mol.